The molecule has 0 radical (unpaired) electrons. The number of aliphatic hydroxyl groups is 1. The number of hydrogen-bond acceptors (Lipinski definition) is 4. The van der Waals surface area contributed by atoms with Gasteiger partial charge in [0, 0.05) is 13.1 Å². The van der Waals surface area contributed by atoms with Gasteiger partial charge in [0.15, 0.2) is 11.5 Å². The quantitative estimate of drug-likeness (QED) is 0.779. The van der Waals surface area contributed by atoms with Crippen molar-refractivity contribution in [3.63, 3.8) is 0 Å². The molecule has 1 atom stereocenters. The minimum absolute atomic E-state index is 0.493. The van der Waals surface area contributed by atoms with E-state index in [1.807, 2.05) is 25.1 Å². The number of rotatable bonds is 5. The fourth-order valence-electron chi connectivity index (χ4n) is 1.81. The molecular weight excluding hydrogens is 230 g/mol. The molecule has 1 aliphatic rings. The van der Waals surface area contributed by atoms with E-state index in [-0.39, 0.29) is 0 Å². The van der Waals surface area contributed by atoms with Gasteiger partial charge in [-0.2, -0.15) is 0 Å². The van der Waals surface area contributed by atoms with Gasteiger partial charge in [-0.3, -0.25) is 0 Å². The van der Waals surface area contributed by atoms with Gasteiger partial charge in [0.05, 0.1) is 6.10 Å². The largest absolute Gasteiger partial charge is 0.486 e. The van der Waals surface area contributed by atoms with Gasteiger partial charge in [-0.1, -0.05) is 18.2 Å². The molecule has 2 rings (SSSR count). The first-order valence-corrected chi connectivity index (χ1v) is 6.09. The maximum Gasteiger partial charge on any atom is 0.161 e. The van der Waals surface area contributed by atoms with Gasteiger partial charge >= 0.3 is 0 Å². The van der Waals surface area contributed by atoms with Crippen LogP contribution in [0.4, 0.5) is 0 Å². The average Bonchev–Trinajstić information content (AvgIpc) is 2.37. The number of ether oxygens (including phenoxy) is 2. The van der Waals surface area contributed by atoms with E-state index in [9.17, 15) is 5.11 Å². The third-order valence-corrected chi connectivity index (χ3v) is 2.72. The van der Waals surface area contributed by atoms with Crippen LogP contribution in [0, 0.1) is 0 Å². The molecule has 1 heterocycles. The molecule has 0 bridgehead atoms. The third-order valence-electron chi connectivity index (χ3n) is 2.72. The third kappa shape index (κ3) is 3.24. The monoisotopic (exact) mass is 249 g/mol. The van der Waals surface area contributed by atoms with E-state index >= 15 is 0 Å². The van der Waals surface area contributed by atoms with Crippen LogP contribution >= 0.6 is 0 Å². The van der Waals surface area contributed by atoms with Crippen LogP contribution in [0.1, 0.15) is 18.6 Å². The maximum absolute atomic E-state index is 10.0. The highest BCUT2D eigenvalue weighted by molar-refractivity contribution is 5.44. The Labute approximate surface area is 107 Å². The Morgan fingerprint density at radius 3 is 2.83 bits per heavy atom. The van der Waals surface area contributed by atoms with Crippen molar-refractivity contribution in [1.82, 2.24) is 5.32 Å². The fraction of sp³-hybridized carbons (Fsp3) is 0.429. The summed E-state index contributed by atoms with van der Waals surface area (Å²) in [6.07, 6.45) is -0.555. The molecule has 1 unspecified atom stereocenters. The van der Waals surface area contributed by atoms with E-state index in [1.54, 1.807) is 0 Å². The van der Waals surface area contributed by atoms with Crippen LogP contribution in [0.2, 0.25) is 0 Å². The van der Waals surface area contributed by atoms with Crippen molar-refractivity contribution in [2.75, 3.05) is 26.3 Å². The van der Waals surface area contributed by atoms with Crippen molar-refractivity contribution in [1.29, 1.82) is 0 Å². The lowest BCUT2D eigenvalue weighted by atomic mass is 10.1. The number of nitrogens with one attached hydrogen (secondary N) is 1. The Bertz CT molecular complexity index is 431. The molecule has 18 heavy (non-hydrogen) atoms. The van der Waals surface area contributed by atoms with Crippen molar-refractivity contribution < 1.29 is 14.6 Å². The SMILES string of the molecule is C=C(C)CNCC(O)c1ccc2c(c1)OCCO2. The Hall–Kier alpha value is -1.52. The van der Waals surface area contributed by atoms with Gasteiger partial charge in [-0.15, -0.1) is 0 Å². The Kier molecular flexibility index (Phi) is 4.23. The molecule has 0 aliphatic carbocycles. The van der Waals surface area contributed by atoms with Crippen LogP contribution in [0.5, 0.6) is 11.5 Å². The molecule has 0 spiro atoms. The molecule has 0 amide bonds. The molecular formula is C14H19NO3. The topological polar surface area (TPSA) is 50.7 Å². The fourth-order valence-corrected chi connectivity index (χ4v) is 1.81. The molecule has 4 nitrogen and oxygen atoms in total. The van der Waals surface area contributed by atoms with Crippen LogP contribution in [-0.4, -0.2) is 31.4 Å². The Morgan fingerprint density at radius 2 is 2.11 bits per heavy atom. The van der Waals surface area contributed by atoms with Gasteiger partial charge in [0.25, 0.3) is 0 Å². The second kappa shape index (κ2) is 5.89. The van der Waals surface area contributed by atoms with Gasteiger partial charge in [-0.25, -0.2) is 0 Å². The molecule has 1 aromatic rings. The van der Waals surface area contributed by atoms with E-state index in [4.69, 9.17) is 9.47 Å². The predicted octanol–water partition coefficient (Wildman–Crippen LogP) is 1.66. The summed E-state index contributed by atoms with van der Waals surface area (Å²) in [6.45, 7) is 8.09. The van der Waals surface area contributed by atoms with Gasteiger partial charge in [0.2, 0.25) is 0 Å². The highest BCUT2D eigenvalue weighted by Crippen LogP contribution is 2.32. The van der Waals surface area contributed by atoms with Crippen LogP contribution in [-0.2, 0) is 0 Å². The summed E-state index contributed by atoms with van der Waals surface area (Å²) in [4.78, 5) is 0. The van der Waals surface area contributed by atoms with Crippen molar-refractivity contribution >= 4 is 0 Å². The first-order valence-electron chi connectivity index (χ1n) is 6.09. The summed E-state index contributed by atoms with van der Waals surface area (Å²) in [5, 5.41) is 13.2. The molecule has 1 aromatic carbocycles. The average molecular weight is 249 g/mol. The molecule has 2 N–H and O–H groups in total. The predicted molar refractivity (Wildman–Crippen MR) is 70.1 cm³/mol. The zero-order valence-electron chi connectivity index (χ0n) is 10.6. The Morgan fingerprint density at radius 1 is 1.39 bits per heavy atom. The van der Waals surface area contributed by atoms with Gasteiger partial charge in [0.1, 0.15) is 13.2 Å². The van der Waals surface area contributed by atoms with Crippen LogP contribution in [0.25, 0.3) is 0 Å². The summed E-state index contributed by atoms with van der Waals surface area (Å²) in [6, 6.07) is 5.54. The number of aliphatic hydroxyl groups excluding tert-OH is 1. The van der Waals surface area contributed by atoms with Gasteiger partial charge < -0.3 is 19.9 Å². The van der Waals surface area contributed by atoms with E-state index in [0.717, 1.165) is 16.9 Å². The summed E-state index contributed by atoms with van der Waals surface area (Å²) in [7, 11) is 0. The first kappa shape index (κ1) is 12.9. The second-order valence-corrected chi connectivity index (χ2v) is 4.51. The van der Waals surface area contributed by atoms with E-state index in [1.165, 1.54) is 0 Å². The van der Waals surface area contributed by atoms with E-state index in [0.29, 0.717) is 32.1 Å². The van der Waals surface area contributed by atoms with Crippen LogP contribution < -0.4 is 14.8 Å². The molecule has 0 saturated heterocycles. The molecule has 0 saturated carbocycles. The highest BCUT2D eigenvalue weighted by atomic mass is 16.6. The smallest absolute Gasteiger partial charge is 0.161 e. The molecule has 4 heteroatoms. The summed E-state index contributed by atoms with van der Waals surface area (Å²) < 4.78 is 10.9. The lowest BCUT2D eigenvalue weighted by Gasteiger charge is -2.20. The lowest BCUT2D eigenvalue weighted by molar-refractivity contribution is 0.163. The first-order chi connectivity index (χ1) is 8.66. The minimum Gasteiger partial charge on any atom is -0.486 e. The molecule has 0 aromatic heterocycles. The van der Waals surface area contributed by atoms with Crippen molar-refractivity contribution in [3.05, 3.63) is 35.9 Å². The summed E-state index contributed by atoms with van der Waals surface area (Å²) in [5.74, 6) is 1.45. The lowest BCUT2D eigenvalue weighted by Crippen LogP contribution is -2.23. The molecule has 0 fully saturated rings. The molecule has 1 aliphatic heterocycles. The highest BCUT2D eigenvalue weighted by Gasteiger charge is 2.15. The summed E-state index contributed by atoms with van der Waals surface area (Å²) in [5.41, 5.74) is 1.87. The van der Waals surface area contributed by atoms with Crippen molar-refractivity contribution in [2.24, 2.45) is 0 Å². The van der Waals surface area contributed by atoms with Crippen molar-refractivity contribution in [2.45, 2.75) is 13.0 Å². The zero-order chi connectivity index (χ0) is 13.0. The summed E-state index contributed by atoms with van der Waals surface area (Å²) >= 11 is 0. The van der Waals surface area contributed by atoms with E-state index in [2.05, 4.69) is 11.9 Å². The number of hydrogen-bond donors (Lipinski definition) is 2. The normalized spacial score (nSPS) is 15.2. The number of benzene rings is 1. The maximum atomic E-state index is 10.0. The second-order valence-electron chi connectivity index (χ2n) is 4.51. The van der Waals surface area contributed by atoms with E-state index < -0.39 is 6.10 Å². The standard InChI is InChI=1S/C14H19NO3/c1-10(2)8-15-9-12(16)11-3-4-13-14(7-11)18-6-5-17-13/h3-4,7,12,15-16H,1,5-6,8-9H2,2H3. The molecule has 98 valence electrons. The minimum atomic E-state index is -0.555. The van der Waals surface area contributed by atoms with Crippen LogP contribution in [0.3, 0.4) is 0 Å². The van der Waals surface area contributed by atoms with Crippen molar-refractivity contribution in [3.8, 4) is 11.5 Å². The Balaban J connectivity index is 1.97. The van der Waals surface area contributed by atoms with Gasteiger partial charge in [-0.05, 0) is 24.6 Å². The van der Waals surface area contributed by atoms with Crippen LogP contribution in [0.15, 0.2) is 30.4 Å². The zero-order valence-corrected chi connectivity index (χ0v) is 10.6. The number of fused-ring (bicyclic) bond motifs is 1.